The lowest BCUT2D eigenvalue weighted by molar-refractivity contribution is -0.135. The minimum atomic E-state index is -0.544. The largest absolute Gasteiger partial charge is 0.338 e. The molecule has 0 saturated carbocycles. The van der Waals surface area contributed by atoms with Crippen LogP contribution in [0.3, 0.4) is 0 Å². The summed E-state index contributed by atoms with van der Waals surface area (Å²) in [6, 6.07) is 9.04. The molecular weight excluding hydrogens is 250 g/mol. The van der Waals surface area contributed by atoms with Gasteiger partial charge in [-0.25, -0.2) is 0 Å². The zero-order chi connectivity index (χ0) is 14.8. The Balaban J connectivity index is 1.95. The fourth-order valence-electron chi connectivity index (χ4n) is 2.60. The smallest absolute Gasteiger partial charge is 0.244 e. The number of carbonyl (C=O) groups excluding carboxylic acids is 1. The number of benzene rings is 1. The molecule has 0 aliphatic carbocycles. The lowest BCUT2D eigenvalue weighted by Crippen LogP contribution is -2.55. The molecule has 0 radical (unpaired) electrons. The summed E-state index contributed by atoms with van der Waals surface area (Å²) in [7, 11) is 0. The third-order valence-electron chi connectivity index (χ3n) is 3.96. The van der Waals surface area contributed by atoms with Gasteiger partial charge in [-0.2, -0.15) is 0 Å². The third-order valence-corrected chi connectivity index (χ3v) is 3.96. The van der Waals surface area contributed by atoms with Crippen LogP contribution >= 0.6 is 0 Å². The number of hydrogen-bond donors (Lipinski definition) is 1. The van der Waals surface area contributed by atoms with Crippen LogP contribution in [0, 0.1) is 0 Å². The molecule has 1 aliphatic heterocycles. The van der Waals surface area contributed by atoms with Gasteiger partial charge in [-0.3, -0.25) is 9.69 Å². The zero-order valence-electron chi connectivity index (χ0n) is 12.7. The predicted octanol–water partition coefficient (Wildman–Crippen LogP) is 1.63. The number of piperazine rings is 1. The Bertz CT molecular complexity index is 445. The molecule has 4 heteroatoms. The highest BCUT2D eigenvalue weighted by molar-refractivity contribution is 5.83. The molecule has 110 valence electrons. The summed E-state index contributed by atoms with van der Waals surface area (Å²) >= 11 is 0. The van der Waals surface area contributed by atoms with Gasteiger partial charge in [-0.15, -0.1) is 0 Å². The first-order chi connectivity index (χ1) is 9.39. The fourth-order valence-corrected chi connectivity index (χ4v) is 2.60. The molecule has 0 spiro atoms. The van der Waals surface area contributed by atoms with E-state index in [1.165, 1.54) is 0 Å². The molecule has 1 aromatic rings. The van der Waals surface area contributed by atoms with Crippen LogP contribution < -0.4 is 5.73 Å². The molecule has 1 aromatic carbocycles. The van der Waals surface area contributed by atoms with Gasteiger partial charge in [0.05, 0.1) is 0 Å². The molecule has 1 amide bonds. The van der Waals surface area contributed by atoms with Crippen molar-refractivity contribution in [2.45, 2.75) is 32.4 Å². The van der Waals surface area contributed by atoms with Gasteiger partial charge in [-0.05, 0) is 26.3 Å². The Labute approximate surface area is 121 Å². The maximum atomic E-state index is 12.4. The van der Waals surface area contributed by atoms with Crippen LogP contribution in [0.15, 0.2) is 30.3 Å². The maximum absolute atomic E-state index is 12.4. The van der Waals surface area contributed by atoms with E-state index >= 15 is 0 Å². The topological polar surface area (TPSA) is 49.6 Å². The second-order valence-electron chi connectivity index (χ2n) is 6.37. The van der Waals surface area contributed by atoms with Gasteiger partial charge in [0.2, 0.25) is 5.91 Å². The van der Waals surface area contributed by atoms with Gasteiger partial charge in [0.25, 0.3) is 0 Å². The highest BCUT2D eigenvalue weighted by atomic mass is 16.2. The first-order valence-corrected chi connectivity index (χ1v) is 7.24. The van der Waals surface area contributed by atoms with E-state index in [1.54, 1.807) is 0 Å². The van der Waals surface area contributed by atoms with Gasteiger partial charge in [-0.1, -0.05) is 30.3 Å². The number of nitrogens with two attached hydrogens (primary N) is 1. The average Bonchev–Trinajstić information content (AvgIpc) is 2.46. The van der Waals surface area contributed by atoms with E-state index in [0.717, 1.165) is 31.7 Å². The van der Waals surface area contributed by atoms with E-state index in [2.05, 4.69) is 25.7 Å². The van der Waals surface area contributed by atoms with Crippen molar-refractivity contribution in [2.24, 2.45) is 5.73 Å². The molecule has 0 aromatic heterocycles. The fraction of sp³-hybridized carbons (Fsp3) is 0.562. The lowest BCUT2D eigenvalue weighted by Gasteiger charge is -2.42. The zero-order valence-corrected chi connectivity index (χ0v) is 12.7. The van der Waals surface area contributed by atoms with E-state index in [4.69, 9.17) is 5.73 Å². The molecule has 20 heavy (non-hydrogen) atoms. The first-order valence-electron chi connectivity index (χ1n) is 7.24. The van der Waals surface area contributed by atoms with Crippen molar-refractivity contribution in [1.82, 2.24) is 9.80 Å². The Morgan fingerprint density at radius 2 is 1.65 bits per heavy atom. The molecule has 4 nitrogen and oxygen atoms in total. The van der Waals surface area contributed by atoms with Gasteiger partial charge in [0.15, 0.2) is 0 Å². The van der Waals surface area contributed by atoms with Gasteiger partial charge in [0, 0.05) is 31.7 Å². The molecule has 1 atom stereocenters. The van der Waals surface area contributed by atoms with Crippen molar-refractivity contribution in [3.63, 3.8) is 0 Å². The van der Waals surface area contributed by atoms with Crippen LogP contribution in [0.25, 0.3) is 0 Å². The van der Waals surface area contributed by atoms with E-state index in [9.17, 15) is 4.79 Å². The summed E-state index contributed by atoms with van der Waals surface area (Å²) < 4.78 is 0. The summed E-state index contributed by atoms with van der Waals surface area (Å²) in [5, 5.41) is 0. The number of carbonyl (C=O) groups is 1. The number of amides is 1. The molecular formula is C16H25N3O. The molecule has 1 heterocycles. The Kier molecular flexibility index (Phi) is 4.45. The van der Waals surface area contributed by atoms with Crippen molar-refractivity contribution in [3.05, 3.63) is 35.9 Å². The van der Waals surface area contributed by atoms with Crippen molar-refractivity contribution in [1.29, 1.82) is 0 Å². The van der Waals surface area contributed by atoms with Crippen molar-refractivity contribution in [2.75, 3.05) is 26.2 Å². The number of nitrogens with zero attached hydrogens (tertiary/aromatic N) is 2. The first kappa shape index (κ1) is 15.0. The minimum absolute atomic E-state index is 0.0322. The quantitative estimate of drug-likeness (QED) is 0.892. The highest BCUT2D eigenvalue weighted by Gasteiger charge is 2.30. The predicted molar refractivity (Wildman–Crippen MR) is 81.3 cm³/mol. The highest BCUT2D eigenvalue weighted by Crippen LogP contribution is 2.18. The molecule has 0 bridgehead atoms. The van der Waals surface area contributed by atoms with Crippen LogP contribution in [-0.2, 0) is 4.79 Å². The second kappa shape index (κ2) is 5.94. The maximum Gasteiger partial charge on any atom is 0.244 e. The molecule has 1 saturated heterocycles. The van der Waals surface area contributed by atoms with E-state index in [1.807, 2.05) is 35.2 Å². The Morgan fingerprint density at radius 3 is 2.15 bits per heavy atom. The van der Waals surface area contributed by atoms with Gasteiger partial charge < -0.3 is 10.6 Å². The Morgan fingerprint density at radius 1 is 1.10 bits per heavy atom. The number of hydrogen-bond acceptors (Lipinski definition) is 3. The SMILES string of the molecule is CC(C)(C)N1CCN(C(=O)C(N)c2ccccc2)CC1. The Hall–Kier alpha value is -1.39. The summed E-state index contributed by atoms with van der Waals surface area (Å²) in [6.45, 7) is 9.97. The molecule has 1 unspecified atom stereocenters. The van der Waals surface area contributed by atoms with Crippen LogP contribution in [0.2, 0.25) is 0 Å². The van der Waals surface area contributed by atoms with Crippen LogP contribution in [0.5, 0.6) is 0 Å². The van der Waals surface area contributed by atoms with Crippen LogP contribution in [0.1, 0.15) is 32.4 Å². The van der Waals surface area contributed by atoms with Crippen molar-refractivity contribution < 1.29 is 4.79 Å². The van der Waals surface area contributed by atoms with Gasteiger partial charge >= 0.3 is 0 Å². The lowest BCUT2D eigenvalue weighted by atomic mass is 10.0. The third kappa shape index (κ3) is 3.38. The summed E-state index contributed by atoms with van der Waals surface area (Å²) in [5.74, 6) is 0.0322. The molecule has 1 fully saturated rings. The molecule has 2 rings (SSSR count). The molecule has 1 aliphatic rings. The molecule has 2 N–H and O–H groups in total. The van der Waals surface area contributed by atoms with Crippen molar-refractivity contribution >= 4 is 5.91 Å². The normalized spacial score (nSPS) is 18.9. The second-order valence-corrected chi connectivity index (χ2v) is 6.37. The summed E-state index contributed by atoms with van der Waals surface area (Å²) in [5.41, 5.74) is 7.13. The standard InChI is InChI=1S/C16H25N3O/c1-16(2,3)19-11-9-18(10-12-19)15(20)14(17)13-7-5-4-6-8-13/h4-8,14H,9-12,17H2,1-3H3. The van der Waals surface area contributed by atoms with Crippen LogP contribution in [0.4, 0.5) is 0 Å². The summed E-state index contributed by atoms with van der Waals surface area (Å²) in [6.07, 6.45) is 0. The van der Waals surface area contributed by atoms with E-state index in [-0.39, 0.29) is 11.4 Å². The van der Waals surface area contributed by atoms with Crippen molar-refractivity contribution in [3.8, 4) is 0 Å². The van der Waals surface area contributed by atoms with Gasteiger partial charge in [0.1, 0.15) is 6.04 Å². The van der Waals surface area contributed by atoms with Crippen LogP contribution in [-0.4, -0.2) is 47.4 Å². The van der Waals surface area contributed by atoms with E-state index < -0.39 is 6.04 Å². The minimum Gasteiger partial charge on any atom is -0.338 e. The number of rotatable bonds is 2. The van der Waals surface area contributed by atoms with E-state index in [0.29, 0.717) is 0 Å². The summed E-state index contributed by atoms with van der Waals surface area (Å²) in [4.78, 5) is 16.7. The average molecular weight is 275 g/mol. The monoisotopic (exact) mass is 275 g/mol.